The first kappa shape index (κ1) is 10.1. The maximum absolute atomic E-state index is 6.03. The van der Waals surface area contributed by atoms with E-state index in [1.54, 1.807) is 17.5 Å². The second-order valence-electron chi connectivity index (χ2n) is 3.24. The largest absolute Gasteiger partial charge is 0.360 e. The fourth-order valence-corrected chi connectivity index (χ4v) is 1.87. The Hall–Kier alpha value is -1.39. The smallest absolute Gasteiger partial charge is 0.182 e. The minimum Gasteiger partial charge on any atom is -0.360 e. The lowest BCUT2D eigenvalue weighted by molar-refractivity contribution is 0.764. The van der Waals surface area contributed by atoms with Crippen molar-refractivity contribution in [1.29, 1.82) is 0 Å². The summed E-state index contributed by atoms with van der Waals surface area (Å²) in [5.74, 6) is 0. The molecule has 78 valence electrons. The van der Waals surface area contributed by atoms with Crippen LogP contribution >= 0.6 is 11.3 Å². The average molecular weight is 219 g/mol. The number of nitrogens with two attached hydrogens (primary N) is 1. The number of hydrogen-bond acceptors (Lipinski definition) is 4. The molecule has 0 saturated carbocycles. The highest BCUT2D eigenvalue weighted by molar-refractivity contribution is 7.13. The summed E-state index contributed by atoms with van der Waals surface area (Å²) < 4.78 is 0. The predicted octanol–water partition coefficient (Wildman–Crippen LogP) is 2.25. The number of hydrogen-bond donors (Lipinski definition) is 2. The van der Waals surface area contributed by atoms with Crippen molar-refractivity contribution in [1.82, 2.24) is 4.98 Å². The molecule has 3 N–H and O–H groups in total. The van der Waals surface area contributed by atoms with E-state index in [9.17, 15) is 0 Å². The van der Waals surface area contributed by atoms with Crippen LogP contribution in [0.5, 0.6) is 0 Å². The molecule has 15 heavy (non-hydrogen) atoms. The monoisotopic (exact) mass is 219 g/mol. The van der Waals surface area contributed by atoms with Crippen LogP contribution in [0.15, 0.2) is 41.9 Å². The van der Waals surface area contributed by atoms with Crippen LogP contribution < -0.4 is 11.1 Å². The van der Waals surface area contributed by atoms with E-state index in [2.05, 4.69) is 10.3 Å². The van der Waals surface area contributed by atoms with Gasteiger partial charge in [0.1, 0.15) is 0 Å². The van der Waals surface area contributed by atoms with Crippen LogP contribution in [0, 0.1) is 0 Å². The summed E-state index contributed by atoms with van der Waals surface area (Å²) in [5, 5.41) is 6.06. The third kappa shape index (κ3) is 2.78. The number of benzene rings is 1. The second-order valence-corrected chi connectivity index (χ2v) is 4.13. The van der Waals surface area contributed by atoms with E-state index in [4.69, 9.17) is 5.73 Å². The van der Waals surface area contributed by atoms with Crippen molar-refractivity contribution in [3.63, 3.8) is 0 Å². The molecule has 1 aromatic carbocycles. The molecule has 0 aliphatic carbocycles. The van der Waals surface area contributed by atoms with Crippen LogP contribution in [0.4, 0.5) is 5.13 Å². The number of nitrogens with zero attached hydrogens (tertiary/aromatic N) is 1. The van der Waals surface area contributed by atoms with Gasteiger partial charge in [-0.1, -0.05) is 30.3 Å². The third-order valence-corrected chi connectivity index (χ3v) is 2.86. The Morgan fingerprint density at radius 2 is 2.13 bits per heavy atom. The summed E-state index contributed by atoms with van der Waals surface area (Å²) in [6.07, 6.45) is 1.78. The van der Waals surface area contributed by atoms with Gasteiger partial charge in [-0.05, 0) is 5.56 Å². The van der Waals surface area contributed by atoms with Gasteiger partial charge in [-0.3, -0.25) is 0 Å². The molecule has 1 atom stereocenters. The Morgan fingerprint density at radius 1 is 1.33 bits per heavy atom. The van der Waals surface area contributed by atoms with Gasteiger partial charge in [0.2, 0.25) is 0 Å². The summed E-state index contributed by atoms with van der Waals surface area (Å²) in [6.45, 7) is 0.706. The Kier molecular flexibility index (Phi) is 3.32. The summed E-state index contributed by atoms with van der Waals surface area (Å²) in [4.78, 5) is 4.13. The molecule has 4 heteroatoms. The van der Waals surface area contributed by atoms with Crippen LogP contribution in [0.1, 0.15) is 11.6 Å². The van der Waals surface area contributed by atoms with Crippen molar-refractivity contribution in [3.05, 3.63) is 47.5 Å². The Bertz CT molecular complexity index is 385. The van der Waals surface area contributed by atoms with Gasteiger partial charge in [-0.25, -0.2) is 4.98 Å². The number of rotatable bonds is 4. The minimum atomic E-state index is 0.00935. The summed E-state index contributed by atoms with van der Waals surface area (Å²) in [7, 11) is 0. The molecule has 0 aliphatic heterocycles. The highest BCUT2D eigenvalue weighted by atomic mass is 32.1. The number of anilines is 1. The molecular formula is C11H13N3S. The van der Waals surface area contributed by atoms with Crippen molar-refractivity contribution in [2.24, 2.45) is 5.73 Å². The first-order valence-corrected chi connectivity index (χ1v) is 5.68. The molecule has 0 saturated heterocycles. The summed E-state index contributed by atoms with van der Waals surface area (Å²) in [5.41, 5.74) is 7.17. The highest BCUT2D eigenvalue weighted by Gasteiger charge is 2.04. The molecule has 0 fully saturated rings. The number of thiazole rings is 1. The van der Waals surface area contributed by atoms with E-state index >= 15 is 0 Å². The normalized spacial score (nSPS) is 12.3. The van der Waals surface area contributed by atoms with Crippen molar-refractivity contribution in [2.45, 2.75) is 6.04 Å². The van der Waals surface area contributed by atoms with E-state index in [1.165, 1.54) is 0 Å². The third-order valence-electron chi connectivity index (χ3n) is 2.13. The van der Waals surface area contributed by atoms with Gasteiger partial charge in [0.15, 0.2) is 5.13 Å². The summed E-state index contributed by atoms with van der Waals surface area (Å²) >= 11 is 1.58. The zero-order valence-corrected chi connectivity index (χ0v) is 9.08. The van der Waals surface area contributed by atoms with Crippen molar-refractivity contribution < 1.29 is 0 Å². The lowest BCUT2D eigenvalue weighted by atomic mass is 10.1. The van der Waals surface area contributed by atoms with Gasteiger partial charge in [0.05, 0.1) is 0 Å². The van der Waals surface area contributed by atoms with Crippen molar-refractivity contribution in [3.8, 4) is 0 Å². The standard InChI is InChI=1S/C11H13N3S/c12-10(9-4-2-1-3-5-9)8-14-11-13-6-7-15-11/h1-7,10H,8,12H2,(H,13,14). The first-order valence-electron chi connectivity index (χ1n) is 4.80. The second kappa shape index (κ2) is 4.91. The average Bonchev–Trinajstić information content (AvgIpc) is 2.80. The summed E-state index contributed by atoms with van der Waals surface area (Å²) in [6, 6.07) is 10.1. The minimum absolute atomic E-state index is 0.00935. The van der Waals surface area contributed by atoms with Gasteiger partial charge in [0, 0.05) is 24.2 Å². The molecule has 0 bridgehead atoms. The predicted molar refractivity (Wildman–Crippen MR) is 64.0 cm³/mol. The Balaban J connectivity index is 1.90. The van der Waals surface area contributed by atoms with Crippen molar-refractivity contribution in [2.75, 3.05) is 11.9 Å². The molecule has 0 spiro atoms. The van der Waals surface area contributed by atoms with Crippen molar-refractivity contribution >= 4 is 16.5 Å². The molecule has 2 rings (SSSR count). The van der Waals surface area contributed by atoms with Crippen LogP contribution in [-0.4, -0.2) is 11.5 Å². The fourth-order valence-electron chi connectivity index (χ4n) is 1.33. The van der Waals surface area contributed by atoms with E-state index in [1.807, 2.05) is 35.7 Å². The number of nitrogens with one attached hydrogen (secondary N) is 1. The maximum atomic E-state index is 6.03. The quantitative estimate of drug-likeness (QED) is 0.829. The molecule has 0 radical (unpaired) electrons. The van der Waals surface area contributed by atoms with E-state index in [0.29, 0.717) is 6.54 Å². The SMILES string of the molecule is NC(CNc1nccs1)c1ccccc1. The van der Waals surface area contributed by atoms with E-state index < -0.39 is 0 Å². The van der Waals surface area contributed by atoms with Gasteiger partial charge in [-0.2, -0.15) is 0 Å². The fraction of sp³-hybridized carbons (Fsp3) is 0.182. The molecule has 2 aromatic rings. The molecular weight excluding hydrogens is 206 g/mol. The zero-order valence-electron chi connectivity index (χ0n) is 8.26. The van der Waals surface area contributed by atoms with Gasteiger partial charge in [-0.15, -0.1) is 11.3 Å². The van der Waals surface area contributed by atoms with Gasteiger partial charge in [0.25, 0.3) is 0 Å². The molecule has 1 unspecified atom stereocenters. The van der Waals surface area contributed by atoms with Crippen LogP contribution in [-0.2, 0) is 0 Å². The topological polar surface area (TPSA) is 50.9 Å². The lowest BCUT2D eigenvalue weighted by Crippen LogP contribution is -2.20. The zero-order chi connectivity index (χ0) is 10.5. The maximum Gasteiger partial charge on any atom is 0.182 e. The molecule has 1 heterocycles. The Labute approximate surface area is 93.0 Å². The van der Waals surface area contributed by atoms with Crippen LogP contribution in [0.25, 0.3) is 0 Å². The van der Waals surface area contributed by atoms with Gasteiger partial charge >= 0.3 is 0 Å². The molecule has 3 nitrogen and oxygen atoms in total. The molecule has 1 aromatic heterocycles. The highest BCUT2D eigenvalue weighted by Crippen LogP contribution is 2.13. The first-order chi connectivity index (χ1) is 7.36. The van der Waals surface area contributed by atoms with Gasteiger partial charge < -0.3 is 11.1 Å². The lowest BCUT2D eigenvalue weighted by Gasteiger charge is -2.12. The van der Waals surface area contributed by atoms with E-state index in [0.717, 1.165) is 10.7 Å². The molecule has 0 aliphatic rings. The van der Waals surface area contributed by atoms with E-state index in [-0.39, 0.29) is 6.04 Å². The van der Waals surface area contributed by atoms with Crippen LogP contribution in [0.3, 0.4) is 0 Å². The number of aromatic nitrogens is 1. The molecule has 0 amide bonds. The van der Waals surface area contributed by atoms with Crippen LogP contribution in [0.2, 0.25) is 0 Å². The Morgan fingerprint density at radius 3 is 2.80 bits per heavy atom.